The molecule has 0 spiro atoms. The summed E-state index contributed by atoms with van der Waals surface area (Å²) in [5.41, 5.74) is 9.27. The zero-order valence-corrected chi connectivity index (χ0v) is 8.27. The average molecular weight is 181 g/mol. The lowest BCUT2D eigenvalue weighted by molar-refractivity contribution is 1.05. The van der Waals surface area contributed by atoms with E-state index in [0.29, 0.717) is 0 Å². The second-order valence-electron chi connectivity index (χ2n) is 2.86. The van der Waals surface area contributed by atoms with Gasteiger partial charge in [-0.1, -0.05) is 13.0 Å². The first kappa shape index (κ1) is 9.46. The highest BCUT2D eigenvalue weighted by atomic mass is 32.1. The number of anilines is 1. The van der Waals surface area contributed by atoms with E-state index in [9.17, 15) is 0 Å². The fourth-order valence-corrected chi connectivity index (χ4v) is 1.58. The molecule has 0 saturated heterocycles. The van der Waals surface area contributed by atoms with Gasteiger partial charge in [0.25, 0.3) is 0 Å². The Bertz CT molecular complexity index is 258. The molecule has 2 heteroatoms. The van der Waals surface area contributed by atoms with E-state index in [0.717, 1.165) is 24.3 Å². The summed E-state index contributed by atoms with van der Waals surface area (Å²) in [5.74, 6) is 0.885. The van der Waals surface area contributed by atoms with E-state index in [1.54, 1.807) is 0 Å². The Morgan fingerprint density at radius 3 is 2.67 bits per heavy atom. The Balaban J connectivity index is 2.95. The van der Waals surface area contributed by atoms with Crippen LogP contribution in [0.25, 0.3) is 0 Å². The lowest BCUT2D eigenvalue weighted by Crippen LogP contribution is -1.96. The number of nitrogens with two attached hydrogens (primary N) is 1. The third-order valence-electron chi connectivity index (χ3n) is 1.99. The third kappa shape index (κ3) is 2.18. The second kappa shape index (κ2) is 4.41. The monoisotopic (exact) mass is 181 g/mol. The van der Waals surface area contributed by atoms with Crippen LogP contribution in [0, 0.1) is 0 Å². The van der Waals surface area contributed by atoms with Crippen LogP contribution >= 0.6 is 12.6 Å². The van der Waals surface area contributed by atoms with E-state index in [1.807, 2.05) is 6.07 Å². The molecule has 0 radical (unpaired) electrons. The van der Waals surface area contributed by atoms with E-state index >= 15 is 0 Å². The van der Waals surface area contributed by atoms with Gasteiger partial charge >= 0.3 is 0 Å². The van der Waals surface area contributed by atoms with Crippen molar-refractivity contribution in [1.29, 1.82) is 0 Å². The van der Waals surface area contributed by atoms with Gasteiger partial charge in [-0.05, 0) is 41.9 Å². The highest BCUT2D eigenvalue weighted by molar-refractivity contribution is 7.80. The molecule has 0 aliphatic rings. The van der Waals surface area contributed by atoms with Crippen LogP contribution in [0.4, 0.5) is 5.69 Å². The molecular weight excluding hydrogens is 166 g/mol. The summed E-state index contributed by atoms with van der Waals surface area (Å²) in [6, 6.07) is 6.12. The number of aryl methyl sites for hydroxylation is 2. The minimum Gasteiger partial charge on any atom is -0.399 e. The van der Waals surface area contributed by atoms with E-state index in [2.05, 4.69) is 31.7 Å². The molecule has 0 aliphatic heterocycles. The number of rotatable bonds is 3. The first-order valence-electron chi connectivity index (χ1n) is 4.26. The zero-order chi connectivity index (χ0) is 8.97. The molecule has 0 heterocycles. The highest BCUT2D eigenvalue weighted by Crippen LogP contribution is 2.15. The number of nitrogen functional groups attached to an aromatic ring is 1. The van der Waals surface area contributed by atoms with Crippen LogP contribution in [0.1, 0.15) is 18.1 Å². The van der Waals surface area contributed by atoms with Gasteiger partial charge in [-0.2, -0.15) is 12.6 Å². The summed E-state index contributed by atoms with van der Waals surface area (Å²) >= 11 is 4.21. The fourth-order valence-electron chi connectivity index (χ4n) is 1.34. The lowest BCUT2D eigenvalue weighted by Gasteiger charge is -2.06. The maximum Gasteiger partial charge on any atom is 0.0316 e. The van der Waals surface area contributed by atoms with Crippen molar-refractivity contribution >= 4 is 18.3 Å². The van der Waals surface area contributed by atoms with Gasteiger partial charge in [0.1, 0.15) is 0 Å². The van der Waals surface area contributed by atoms with Gasteiger partial charge in [0.2, 0.25) is 0 Å². The van der Waals surface area contributed by atoms with Crippen molar-refractivity contribution in [3.05, 3.63) is 29.3 Å². The van der Waals surface area contributed by atoms with Gasteiger partial charge in [-0.25, -0.2) is 0 Å². The fraction of sp³-hybridized carbons (Fsp3) is 0.400. The Morgan fingerprint density at radius 2 is 2.08 bits per heavy atom. The standard InChI is InChI=1S/C10H15NS/c1-2-8-3-4-10(11)7-9(8)5-6-12/h3-4,7,12H,2,5-6,11H2,1H3. The van der Waals surface area contributed by atoms with Crippen LogP contribution < -0.4 is 5.73 Å². The molecule has 66 valence electrons. The summed E-state index contributed by atoms with van der Waals surface area (Å²) in [5, 5.41) is 0. The Hall–Kier alpha value is -0.630. The zero-order valence-electron chi connectivity index (χ0n) is 7.38. The van der Waals surface area contributed by atoms with E-state index in [1.165, 1.54) is 11.1 Å². The van der Waals surface area contributed by atoms with Gasteiger partial charge < -0.3 is 5.73 Å². The normalized spacial score (nSPS) is 10.2. The quantitative estimate of drug-likeness (QED) is 0.543. The topological polar surface area (TPSA) is 26.0 Å². The molecular formula is C10H15NS. The third-order valence-corrected chi connectivity index (χ3v) is 2.22. The molecule has 1 aromatic carbocycles. The van der Waals surface area contributed by atoms with Crippen LogP contribution in [-0.2, 0) is 12.8 Å². The predicted molar refractivity (Wildman–Crippen MR) is 57.8 cm³/mol. The van der Waals surface area contributed by atoms with Crippen molar-refractivity contribution in [2.24, 2.45) is 0 Å². The summed E-state index contributed by atoms with van der Waals surface area (Å²) in [7, 11) is 0. The summed E-state index contributed by atoms with van der Waals surface area (Å²) < 4.78 is 0. The van der Waals surface area contributed by atoms with Gasteiger partial charge in [0, 0.05) is 5.69 Å². The van der Waals surface area contributed by atoms with Gasteiger partial charge in [0.15, 0.2) is 0 Å². The van der Waals surface area contributed by atoms with Crippen LogP contribution in [0.3, 0.4) is 0 Å². The molecule has 0 bridgehead atoms. The first-order chi connectivity index (χ1) is 5.77. The first-order valence-corrected chi connectivity index (χ1v) is 4.89. The van der Waals surface area contributed by atoms with Crippen LogP contribution in [-0.4, -0.2) is 5.75 Å². The molecule has 1 nitrogen and oxygen atoms in total. The molecule has 0 saturated carbocycles. The van der Waals surface area contributed by atoms with Crippen LogP contribution in [0.2, 0.25) is 0 Å². The van der Waals surface area contributed by atoms with Gasteiger partial charge in [-0.3, -0.25) is 0 Å². The highest BCUT2D eigenvalue weighted by Gasteiger charge is 1.99. The van der Waals surface area contributed by atoms with E-state index in [4.69, 9.17) is 5.73 Å². The maximum atomic E-state index is 5.69. The Kier molecular flexibility index (Phi) is 3.48. The number of hydrogen-bond donors (Lipinski definition) is 2. The molecule has 12 heavy (non-hydrogen) atoms. The van der Waals surface area contributed by atoms with Crippen LogP contribution in [0.5, 0.6) is 0 Å². The van der Waals surface area contributed by atoms with E-state index < -0.39 is 0 Å². The molecule has 2 N–H and O–H groups in total. The molecule has 0 atom stereocenters. The molecule has 0 amide bonds. The van der Waals surface area contributed by atoms with E-state index in [-0.39, 0.29) is 0 Å². The predicted octanol–water partition coefficient (Wildman–Crippen LogP) is 2.30. The number of hydrogen-bond acceptors (Lipinski definition) is 2. The maximum absolute atomic E-state index is 5.69. The summed E-state index contributed by atoms with van der Waals surface area (Å²) in [6.45, 7) is 2.16. The summed E-state index contributed by atoms with van der Waals surface area (Å²) in [4.78, 5) is 0. The second-order valence-corrected chi connectivity index (χ2v) is 3.30. The van der Waals surface area contributed by atoms with Crippen molar-refractivity contribution in [3.8, 4) is 0 Å². The van der Waals surface area contributed by atoms with Crippen molar-refractivity contribution in [2.75, 3.05) is 11.5 Å². The minimum atomic E-state index is 0.851. The molecule has 0 unspecified atom stereocenters. The van der Waals surface area contributed by atoms with Gasteiger partial charge in [0.05, 0.1) is 0 Å². The molecule has 0 fully saturated rings. The smallest absolute Gasteiger partial charge is 0.0316 e. The number of thiol groups is 1. The lowest BCUT2D eigenvalue weighted by atomic mass is 10.0. The Morgan fingerprint density at radius 1 is 1.33 bits per heavy atom. The molecule has 0 aromatic heterocycles. The van der Waals surface area contributed by atoms with Crippen molar-refractivity contribution in [3.63, 3.8) is 0 Å². The molecule has 1 rings (SSSR count). The Labute approximate surface area is 79.4 Å². The largest absolute Gasteiger partial charge is 0.399 e. The molecule has 0 aliphatic carbocycles. The summed E-state index contributed by atoms with van der Waals surface area (Å²) in [6.07, 6.45) is 2.08. The van der Waals surface area contributed by atoms with Crippen LogP contribution in [0.15, 0.2) is 18.2 Å². The van der Waals surface area contributed by atoms with Crippen molar-refractivity contribution < 1.29 is 0 Å². The SMILES string of the molecule is CCc1ccc(N)cc1CCS. The minimum absolute atomic E-state index is 0.851. The molecule has 1 aromatic rings. The number of benzene rings is 1. The van der Waals surface area contributed by atoms with Gasteiger partial charge in [-0.15, -0.1) is 0 Å². The average Bonchev–Trinajstić information content (AvgIpc) is 2.05. The van der Waals surface area contributed by atoms with Crippen molar-refractivity contribution in [1.82, 2.24) is 0 Å². The van der Waals surface area contributed by atoms with Crippen molar-refractivity contribution in [2.45, 2.75) is 19.8 Å².